The van der Waals surface area contributed by atoms with E-state index in [1.165, 1.54) is 6.07 Å². The summed E-state index contributed by atoms with van der Waals surface area (Å²) in [6.45, 7) is 5.49. The number of nitrogens with zero attached hydrogens (tertiary/aromatic N) is 2. The molecule has 0 aliphatic rings. The van der Waals surface area contributed by atoms with E-state index in [9.17, 15) is 4.39 Å². The number of aryl methyl sites for hydroxylation is 2. The topological polar surface area (TPSA) is 43.8 Å². The van der Waals surface area contributed by atoms with Crippen molar-refractivity contribution in [1.82, 2.24) is 9.78 Å². The third kappa shape index (κ3) is 2.22. The number of halogens is 1. The average Bonchev–Trinajstić information content (AvgIpc) is 2.68. The number of nitrogens with two attached hydrogens (primary N) is 1. The summed E-state index contributed by atoms with van der Waals surface area (Å²) in [7, 11) is 0. The molecule has 0 unspecified atom stereocenters. The van der Waals surface area contributed by atoms with Gasteiger partial charge in [0.25, 0.3) is 0 Å². The number of hydrogen-bond donors (Lipinski definition) is 1. The third-order valence-corrected chi connectivity index (χ3v) is 2.77. The molecule has 0 spiro atoms. The Morgan fingerprint density at radius 3 is 2.59 bits per heavy atom. The Morgan fingerprint density at radius 1 is 1.35 bits per heavy atom. The summed E-state index contributed by atoms with van der Waals surface area (Å²) >= 11 is 0. The molecule has 3 nitrogen and oxygen atoms in total. The summed E-state index contributed by atoms with van der Waals surface area (Å²) in [6, 6.07) is 4.95. The van der Waals surface area contributed by atoms with Gasteiger partial charge in [0, 0.05) is 12.2 Å². The fraction of sp³-hybridized carbons (Fsp3) is 0.308. The van der Waals surface area contributed by atoms with E-state index in [1.54, 1.807) is 17.7 Å². The van der Waals surface area contributed by atoms with Crippen molar-refractivity contribution in [3.63, 3.8) is 0 Å². The van der Waals surface area contributed by atoms with Crippen LogP contribution in [0.1, 0.15) is 29.8 Å². The van der Waals surface area contributed by atoms with Gasteiger partial charge in [-0.2, -0.15) is 5.10 Å². The summed E-state index contributed by atoms with van der Waals surface area (Å²) in [6.07, 6.45) is 1.86. The molecule has 0 amide bonds. The highest BCUT2D eigenvalue weighted by Gasteiger charge is 2.12. The van der Waals surface area contributed by atoms with Crippen LogP contribution < -0.4 is 5.73 Å². The van der Waals surface area contributed by atoms with Gasteiger partial charge in [0.2, 0.25) is 0 Å². The Kier molecular flexibility index (Phi) is 2.98. The first-order valence-electron chi connectivity index (χ1n) is 5.57. The number of benzene rings is 1. The Balaban J connectivity index is 2.63. The van der Waals surface area contributed by atoms with Crippen LogP contribution in [-0.4, -0.2) is 9.78 Å². The lowest BCUT2D eigenvalue weighted by Crippen LogP contribution is -2.11. The van der Waals surface area contributed by atoms with Crippen molar-refractivity contribution in [2.75, 3.05) is 0 Å². The van der Waals surface area contributed by atoms with Gasteiger partial charge in [-0.25, -0.2) is 9.07 Å². The van der Waals surface area contributed by atoms with Gasteiger partial charge in [0.15, 0.2) is 0 Å². The molecule has 0 saturated carbocycles. The van der Waals surface area contributed by atoms with Crippen LogP contribution >= 0.6 is 0 Å². The minimum atomic E-state index is -0.232. The molecule has 17 heavy (non-hydrogen) atoms. The maximum Gasteiger partial charge on any atom is 0.126 e. The van der Waals surface area contributed by atoms with E-state index in [-0.39, 0.29) is 11.9 Å². The van der Waals surface area contributed by atoms with Crippen molar-refractivity contribution in [1.29, 1.82) is 0 Å². The highest BCUT2D eigenvalue weighted by molar-refractivity contribution is 5.45. The minimum Gasteiger partial charge on any atom is -0.324 e. The van der Waals surface area contributed by atoms with Crippen molar-refractivity contribution in [3.05, 3.63) is 47.0 Å². The molecular weight excluding hydrogens is 217 g/mol. The third-order valence-electron chi connectivity index (χ3n) is 2.77. The largest absolute Gasteiger partial charge is 0.324 e. The van der Waals surface area contributed by atoms with Gasteiger partial charge in [-0.05, 0) is 50.1 Å². The van der Waals surface area contributed by atoms with Crippen LogP contribution in [-0.2, 0) is 0 Å². The smallest absolute Gasteiger partial charge is 0.126 e. The van der Waals surface area contributed by atoms with Gasteiger partial charge in [0.1, 0.15) is 5.82 Å². The predicted molar refractivity (Wildman–Crippen MR) is 65.6 cm³/mol. The van der Waals surface area contributed by atoms with Crippen LogP contribution in [0, 0.1) is 19.7 Å². The molecule has 0 aliphatic carbocycles. The zero-order chi connectivity index (χ0) is 12.6. The van der Waals surface area contributed by atoms with Crippen molar-refractivity contribution >= 4 is 0 Å². The van der Waals surface area contributed by atoms with Gasteiger partial charge >= 0.3 is 0 Å². The van der Waals surface area contributed by atoms with Gasteiger partial charge < -0.3 is 5.73 Å². The molecule has 0 saturated heterocycles. The summed E-state index contributed by atoms with van der Waals surface area (Å²) in [4.78, 5) is 0. The lowest BCUT2D eigenvalue weighted by molar-refractivity contribution is 0.611. The molecule has 0 bridgehead atoms. The first-order chi connectivity index (χ1) is 7.99. The molecule has 1 heterocycles. The summed E-state index contributed by atoms with van der Waals surface area (Å²) < 4.78 is 15.3. The molecule has 1 aromatic heterocycles. The summed E-state index contributed by atoms with van der Waals surface area (Å²) in [5.41, 5.74) is 8.98. The predicted octanol–water partition coefficient (Wildman–Crippen LogP) is 2.65. The minimum absolute atomic E-state index is 0.232. The van der Waals surface area contributed by atoms with E-state index >= 15 is 0 Å². The fourth-order valence-electron chi connectivity index (χ4n) is 1.79. The standard InChI is InChI=1S/C13H16FN3/c1-8-6-13(17-5-4-9(2)16-17)11(10(3)15)7-12(8)14/h4-7,10H,15H2,1-3H3/t10-/m1/s1. The Bertz CT molecular complexity index is 544. The number of hydrogen-bond acceptors (Lipinski definition) is 2. The van der Waals surface area contributed by atoms with Crippen LogP contribution in [0.15, 0.2) is 24.4 Å². The molecule has 0 aliphatic heterocycles. The van der Waals surface area contributed by atoms with Crippen LogP contribution in [0.5, 0.6) is 0 Å². The van der Waals surface area contributed by atoms with E-state index in [4.69, 9.17) is 5.73 Å². The van der Waals surface area contributed by atoms with Gasteiger partial charge in [-0.3, -0.25) is 0 Å². The molecule has 1 aromatic carbocycles. The second kappa shape index (κ2) is 4.30. The Hall–Kier alpha value is -1.68. The molecular formula is C13H16FN3. The molecule has 0 fully saturated rings. The first kappa shape index (κ1) is 11.8. The molecule has 0 radical (unpaired) electrons. The van der Waals surface area contributed by atoms with Gasteiger partial charge in [-0.1, -0.05) is 0 Å². The maximum absolute atomic E-state index is 13.6. The maximum atomic E-state index is 13.6. The van der Waals surface area contributed by atoms with Crippen LogP contribution in [0.25, 0.3) is 5.69 Å². The van der Waals surface area contributed by atoms with E-state index < -0.39 is 0 Å². The Labute approximate surface area is 100 Å². The molecule has 2 aromatic rings. The highest BCUT2D eigenvalue weighted by Crippen LogP contribution is 2.23. The molecule has 2 rings (SSSR count). The monoisotopic (exact) mass is 233 g/mol. The fourth-order valence-corrected chi connectivity index (χ4v) is 1.79. The lowest BCUT2D eigenvalue weighted by atomic mass is 10.0. The second-order valence-electron chi connectivity index (χ2n) is 4.35. The van der Waals surface area contributed by atoms with Crippen LogP contribution in [0.4, 0.5) is 4.39 Å². The van der Waals surface area contributed by atoms with E-state index in [2.05, 4.69) is 5.10 Å². The van der Waals surface area contributed by atoms with Crippen molar-refractivity contribution in [3.8, 4) is 5.69 Å². The van der Waals surface area contributed by atoms with Crippen molar-refractivity contribution in [2.45, 2.75) is 26.8 Å². The number of rotatable bonds is 2. The van der Waals surface area contributed by atoms with Crippen molar-refractivity contribution < 1.29 is 4.39 Å². The highest BCUT2D eigenvalue weighted by atomic mass is 19.1. The van der Waals surface area contributed by atoms with E-state index in [0.29, 0.717) is 5.56 Å². The molecule has 90 valence electrons. The van der Waals surface area contributed by atoms with E-state index in [0.717, 1.165) is 16.9 Å². The molecule has 4 heteroatoms. The Morgan fingerprint density at radius 2 is 2.06 bits per heavy atom. The zero-order valence-electron chi connectivity index (χ0n) is 10.2. The van der Waals surface area contributed by atoms with Crippen LogP contribution in [0.3, 0.4) is 0 Å². The average molecular weight is 233 g/mol. The van der Waals surface area contributed by atoms with E-state index in [1.807, 2.05) is 26.1 Å². The summed E-state index contributed by atoms with van der Waals surface area (Å²) in [5, 5.41) is 4.33. The van der Waals surface area contributed by atoms with Gasteiger partial charge in [0.05, 0.1) is 11.4 Å². The quantitative estimate of drug-likeness (QED) is 0.866. The molecule has 1 atom stereocenters. The first-order valence-corrected chi connectivity index (χ1v) is 5.57. The summed E-state index contributed by atoms with van der Waals surface area (Å²) in [5.74, 6) is -0.232. The molecule has 2 N–H and O–H groups in total. The SMILES string of the molecule is Cc1ccn(-c2cc(C)c(F)cc2[C@@H](C)N)n1. The normalized spacial score (nSPS) is 12.8. The number of aromatic nitrogens is 2. The lowest BCUT2D eigenvalue weighted by Gasteiger charge is -2.14. The van der Waals surface area contributed by atoms with Crippen LogP contribution in [0.2, 0.25) is 0 Å². The van der Waals surface area contributed by atoms with Crippen molar-refractivity contribution in [2.24, 2.45) is 5.73 Å². The zero-order valence-corrected chi connectivity index (χ0v) is 10.2. The second-order valence-corrected chi connectivity index (χ2v) is 4.35. The van der Waals surface area contributed by atoms with Gasteiger partial charge in [-0.15, -0.1) is 0 Å².